The first-order valence-electron chi connectivity index (χ1n) is 10.7. The molecule has 0 radical (unpaired) electrons. The van der Waals surface area contributed by atoms with Crippen molar-refractivity contribution in [2.45, 2.75) is 26.2 Å². The minimum absolute atomic E-state index is 0.0165. The van der Waals surface area contributed by atoms with Gasteiger partial charge >= 0.3 is 0 Å². The van der Waals surface area contributed by atoms with E-state index in [-0.39, 0.29) is 11.8 Å². The summed E-state index contributed by atoms with van der Waals surface area (Å²) in [4.78, 5) is 31.8. The van der Waals surface area contributed by atoms with Crippen LogP contribution in [0.1, 0.15) is 25.5 Å². The molecule has 2 aliphatic rings. The van der Waals surface area contributed by atoms with Gasteiger partial charge in [0.25, 0.3) is 0 Å². The van der Waals surface area contributed by atoms with Gasteiger partial charge < -0.3 is 19.2 Å². The lowest BCUT2D eigenvalue weighted by Gasteiger charge is -2.33. The molecular weight excluding hydrogens is 380 g/mol. The summed E-state index contributed by atoms with van der Waals surface area (Å²) < 4.78 is 5.65. The predicted molar refractivity (Wildman–Crippen MR) is 114 cm³/mol. The molecule has 4 rings (SSSR count). The molecule has 160 valence electrons. The third kappa shape index (κ3) is 4.26. The summed E-state index contributed by atoms with van der Waals surface area (Å²) in [6, 6.07) is 11.8. The van der Waals surface area contributed by atoms with Crippen LogP contribution in [-0.2, 0) is 16.0 Å². The van der Waals surface area contributed by atoms with Gasteiger partial charge in [-0.1, -0.05) is 35.5 Å². The number of hydrogen-bond acceptors (Lipinski definition) is 5. The van der Waals surface area contributed by atoms with E-state index < -0.39 is 5.41 Å². The van der Waals surface area contributed by atoms with Crippen molar-refractivity contribution in [1.29, 1.82) is 0 Å². The molecule has 0 bridgehead atoms. The predicted octanol–water partition coefficient (Wildman–Crippen LogP) is 2.29. The summed E-state index contributed by atoms with van der Waals surface area (Å²) in [6.45, 7) is 5.98. The molecule has 1 aromatic carbocycles. The Labute approximate surface area is 177 Å². The molecule has 0 spiro atoms. The Morgan fingerprint density at radius 3 is 2.60 bits per heavy atom. The van der Waals surface area contributed by atoms with Gasteiger partial charge in [0.15, 0.2) is 0 Å². The SMILES string of the molecule is CC(=O)N1CCC(Cc2cc(-c3ccccc3)no2)(C(=O)N2CCCN(C)CC2)C1. The van der Waals surface area contributed by atoms with E-state index in [0.717, 1.165) is 43.9 Å². The van der Waals surface area contributed by atoms with E-state index in [1.165, 1.54) is 0 Å². The van der Waals surface area contributed by atoms with Crippen molar-refractivity contribution in [2.75, 3.05) is 46.3 Å². The van der Waals surface area contributed by atoms with Crippen LogP contribution in [0.25, 0.3) is 11.3 Å². The van der Waals surface area contributed by atoms with Gasteiger partial charge in [0.05, 0.1) is 5.41 Å². The third-order valence-electron chi connectivity index (χ3n) is 6.40. The number of carbonyl (C=O) groups excluding carboxylic acids is 2. The lowest BCUT2D eigenvalue weighted by atomic mass is 9.80. The van der Waals surface area contributed by atoms with E-state index in [0.29, 0.717) is 31.7 Å². The van der Waals surface area contributed by atoms with Gasteiger partial charge in [-0.15, -0.1) is 0 Å². The number of likely N-dealkylation sites (N-methyl/N-ethyl adjacent to an activating group) is 1. The van der Waals surface area contributed by atoms with Crippen molar-refractivity contribution < 1.29 is 14.1 Å². The van der Waals surface area contributed by atoms with Crippen molar-refractivity contribution in [3.05, 3.63) is 42.2 Å². The van der Waals surface area contributed by atoms with E-state index in [9.17, 15) is 9.59 Å². The molecule has 30 heavy (non-hydrogen) atoms. The summed E-state index contributed by atoms with van der Waals surface area (Å²) >= 11 is 0. The average Bonchev–Trinajstić information content (AvgIpc) is 3.33. The molecule has 2 aromatic rings. The number of hydrogen-bond donors (Lipinski definition) is 0. The molecular formula is C23H30N4O3. The molecule has 0 aliphatic carbocycles. The van der Waals surface area contributed by atoms with E-state index >= 15 is 0 Å². The molecule has 0 saturated carbocycles. The van der Waals surface area contributed by atoms with E-state index in [4.69, 9.17) is 4.52 Å². The Morgan fingerprint density at radius 2 is 1.87 bits per heavy atom. The molecule has 2 aliphatic heterocycles. The Kier molecular flexibility index (Phi) is 5.90. The van der Waals surface area contributed by atoms with E-state index in [1.54, 1.807) is 11.8 Å². The molecule has 1 unspecified atom stereocenters. The normalized spacial score (nSPS) is 22.9. The standard InChI is InChI=1S/C23H30N4O3/c1-18(28)27-12-9-23(17-27,22(29)26-11-6-10-25(2)13-14-26)16-20-15-21(24-30-20)19-7-4-3-5-8-19/h3-5,7-8,15H,6,9-14,16-17H2,1-2H3. The lowest BCUT2D eigenvalue weighted by Crippen LogP contribution is -2.48. The second-order valence-corrected chi connectivity index (χ2v) is 8.64. The van der Waals surface area contributed by atoms with Gasteiger partial charge in [0.2, 0.25) is 11.8 Å². The van der Waals surface area contributed by atoms with Crippen LogP contribution in [0.3, 0.4) is 0 Å². The van der Waals surface area contributed by atoms with Crippen LogP contribution < -0.4 is 0 Å². The minimum Gasteiger partial charge on any atom is -0.361 e. The molecule has 3 heterocycles. The molecule has 0 N–H and O–H groups in total. The van der Waals surface area contributed by atoms with Crippen LogP contribution in [0.2, 0.25) is 0 Å². The third-order valence-corrected chi connectivity index (χ3v) is 6.40. The van der Waals surface area contributed by atoms with E-state index in [1.807, 2.05) is 41.3 Å². The molecule has 1 atom stereocenters. The fourth-order valence-electron chi connectivity index (χ4n) is 4.60. The lowest BCUT2D eigenvalue weighted by molar-refractivity contribution is -0.142. The Hall–Kier alpha value is -2.67. The summed E-state index contributed by atoms with van der Waals surface area (Å²) in [5, 5.41) is 4.22. The number of likely N-dealkylation sites (tertiary alicyclic amines) is 1. The summed E-state index contributed by atoms with van der Waals surface area (Å²) in [5.74, 6) is 0.849. The molecule has 7 nitrogen and oxygen atoms in total. The number of nitrogens with zero attached hydrogens (tertiary/aromatic N) is 4. The fourth-order valence-corrected chi connectivity index (χ4v) is 4.60. The van der Waals surface area contributed by atoms with Gasteiger partial charge in [0.1, 0.15) is 11.5 Å². The second kappa shape index (κ2) is 8.60. The van der Waals surface area contributed by atoms with Crippen molar-refractivity contribution in [3.63, 3.8) is 0 Å². The smallest absolute Gasteiger partial charge is 0.231 e. The second-order valence-electron chi connectivity index (χ2n) is 8.64. The Balaban J connectivity index is 1.58. The highest BCUT2D eigenvalue weighted by atomic mass is 16.5. The van der Waals surface area contributed by atoms with Crippen LogP contribution in [-0.4, -0.2) is 78.0 Å². The number of amides is 2. The molecule has 2 amide bonds. The van der Waals surface area contributed by atoms with Crippen molar-refractivity contribution in [2.24, 2.45) is 5.41 Å². The average molecular weight is 411 g/mol. The molecule has 1 aromatic heterocycles. The highest BCUT2D eigenvalue weighted by Gasteiger charge is 2.48. The van der Waals surface area contributed by atoms with Crippen LogP contribution >= 0.6 is 0 Å². The van der Waals surface area contributed by atoms with E-state index in [2.05, 4.69) is 17.1 Å². The summed E-state index contributed by atoms with van der Waals surface area (Å²) in [6.07, 6.45) is 2.08. The topological polar surface area (TPSA) is 69.9 Å². The van der Waals surface area contributed by atoms with Crippen LogP contribution in [0.5, 0.6) is 0 Å². The summed E-state index contributed by atoms with van der Waals surface area (Å²) in [7, 11) is 2.09. The Morgan fingerprint density at radius 1 is 1.07 bits per heavy atom. The highest BCUT2D eigenvalue weighted by molar-refractivity contribution is 5.85. The van der Waals surface area contributed by atoms with Gasteiger partial charge in [-0.2, -0.15) is 0 Å². The van der Waals surface area contributed by atoms with Gasteiger partial charge in [0, 0.05) is 57.7 Å². The number of rotatable bonds is 4. The zero-order chi connectivity index (χ0) is 21.1. The highest BCUT2D eigenvalue weighted by Crippen LogP contribution is 2.37. The minimum atomic E-state index is -0.651. The Bertz CT molecular complexity index is 897. The molecule has 2 saturated heterocycles. The number of benzene rings is 1. The molecule has 2 fully saturated rings. The summed E-state index contributed by atoms with van der Waals surface area (Å²) in [5.41, 5.74) is 1.11. The van der Waals surface area contributed by atoms with Crippen molar-refractivity contribution in [3.8, 4) is 11.3 Å². The maximum Gasteiger partial charge on any atom is 0.231 e. The maximum absolute atomic E-state index is 13.7. The van der Waals surface area contributed by atoms with Crippen LogP contribution in [0.4, 0.5) is 0 Å². The first kappa shape index (κ1) is 20.6. The fraction of sp³-hybridized carbons (Fsp3) is 0.522. The number of carbonyl (C=O) groups is 2. The quantitative estimate of drug-likeness (QED) is 0.774. The van der Waals surface area contributed by atoms with Gasteiger partial charge in [-0.3, -0.25) is 9.59 Å². The maximum atomic E-state index is 13.7. The van der Waals surface area contributed by atoms with Crippen molar-refractivity contribution >= 4 is 11.8 Å². The zero-order valence-electron chi connectivity index (χ0n) is 17.8. The van der Waals surface area contributed by atoms with Crippen molar-refractivity contribution in [1.82, 2.24) is 19.9 Å². The molecule has 7 heteroatoms. The first-order valence-corrected chi connectivity index (χ1v) is 10.7. The zero-order valence-corrected chi connectivity index (χ0v) is 17.8. The first-order chi connectivity index (χ1) is 14.5. The van der Waals surface area contributed by atoms with Crippen LogP contribution in [0.15, 0.2) is 40.9 Å². The van der Waals surface area contributed by atoms with Gasteiger partial charge in [-0.05, 0) is 26.4 Å². The van der Waals surface area contributed by atoms with Crippen LogP contribution in [0, 0.1) is 5.41 Å². The number of aromatic nitrogens is 1. The van der Waals surface area contributed by atoms with Gasteiger partial charge in [-0.25, -0.2) is 0 Å². The largest absolute Gasteiger partial charge is 0.361 e. The monoisotopic (exact) mass is 410 g/mol.